The lowest BCUT2D eigenvalue weighted by Crippen LogP contribution is -2.49. The minimum Gasteiger partial charge on any atom is -0.358 e. The van der Waals surface area contributed by atoms with Crippen molar-refractivity contribution in [3.63, 3.8) is 0 Å². The Kier molecular flexibility index (Phi) is 12.4. The van der Waals surface area contributed by atoms with Crippen molar-refractivity contribution in [2.45, 2.75) is 7.43 Å². The molecular formula is C16H37N7O2. The Balaban J connectivity index is 0.000000443. The molecule has 0 bridgehead atoms. The van der Waals surface area contributed by atoms with Gasteiger partial charge in [-0.15, -0.1) is 0 Å². The topological polar surface area (TPSA) is 97.2 Å². The van der Waals surface area contributed by atoms with Gasteiger partial charge in [0.1, 0.15) is 0 Å². The van der Waals surface area contributed by atoms with Gasteiger partial charge in [-0.1, -0.05) is 7.43 Å². The molecule has 0 aromatic carbocycles. The van der Waals surface area contributed by atoms with Crippen molar-refractivity contribution in [3.8, 4) is 0 Å². The standard InChI is InChI=1S/C8H17N3O.C7H16N4O.CH4/c1-9-8(12)7-11-5-3-10(2)4-6-11;1-10-2-4-11(5-3-10)6-7(12)9-8;/h3-7H2,1-2H3,(H,9,12);2-6,8H2,1H3,(H,9,12);1H4. The predicted octanol–water partition coefficient (Wildman–Crippen LogP) is -2.16. The summed E-state index contributed by atoms with van der Waals surface area (Å²) in [5.41, 5.74) is 2.13. The van der Waals surface area contributed by atoms with Gasteiger partial charge >= 0.3 is 0 Å². The lowest BCUT2D eigenvalue weighted by atomic mass is 10.3. The van der Waals surface area contributed by atoms with Crippen LogP contribution in [0.2, 0.25) is 0 Å². The maximum Gasteiger partial charge on any atom is 0.248 e. The Bertz CT molecular complexity index is 343. The fourth-order valence-corrected chi connectivity index (χ4v) is 2.54. The molecule has 2 rings (SSSR count). The van der Waals surface area contributed by atoms with Gasteiger partial charge in [-0.25, -0.2) is 5.84 Å². The highest BCUT2D eigenvalue weighted by Gasteiger charge is 2.16. The van der Waals surface area contributed by atoms with E-state index >= 15 is 0 Å². The molecule has 2 saturated heterocycles. The first kappa shape index (κ1) is 23.7. The molecule has 4 N–H and O–H groups in total. The normalized spacial score (nSPS) is 20.0. The van der Waals surface area contributed by atoms with Crippen LogP contribution >= 0.6 is 0 Å². The number of nitrogens with zero attached hydrogens (tertiary/aromatic N) is 4. The Morgan fingerprint density at radius 1 is 0.800 bits per heavy atom. The second-order valence-corrected chi connectivity index (χ2v) is 6.40. The first-order chi connectivity index (χ1) is 11.4. The van der Waals surface area contributed by atoms with Gasteiger partial charge < -0.3 is 15.1 Å². The molecule has 2 aliphatic heterocycles. The Labute approximate surface area is 152 Å². The van der Waals surface area contributed by atoms with Crippen LogP contribution in [0.5, 0.6) is 0 Å². The third-order valence-corrected chi connectivity index (χ3v) is 4.37. The van der Waals surface area contributed by atoms with Crippen LogP contribution in [-0.2, 0) is 9.59 Å². The summed E-state index contributed by atoms with van der Waals surface area (Å²) in [7, 11) is 5.87. The monoisotopic (exact) mass is 359 g/mol. The number of amides is 2. The fraction of sp³-hybridized carbons (Fsp3) is 0.875. The molecule has 0 spiro atoms. The van der Waals surface area contributed by atoms with Gasteiger partial charge in [-0.2, -0.15) is 0 Å². The van der Waals surface area contributed by atoms with Crippen LogP contribution in [-0.4, -0.2) is 118 Å². The number of hydrogen-bond donors (Lipinski definition) is 3. The molecule has 0 aromatic rings. The maximum atomic E-state index is 11.0. The van der Waals surface area contributed by atoms with Crippen LogP contribution in [0.1, 0.15) is 7.43 Å². The Morgan fingerprint density at radius 2 is 1.16 bits per heavy atom. The number of rotatable bonds is 4. The average molecular weight is 360 g/mol. The highest BCUT2D eigenvalue weighted by molar-refractivity contribution is 5.77. The molecule has 148 valence electrons. The van der Waals surface area contributed by atoms with Crippen molar-refractivity contribution in [2.24, 2.45) is 5.84 Å². The number of carbonyl (C=O) groups is 2. The largest absolute Gasteiger partial charge is 0.358 e. The zero-order chi connectivity index (χ0) is 17.9. The smallest absolute Gasteiger partial charge is 0.248 e. The SMILES string of the molecule is C.CN1CCN(CC(=O)NN)CC1.CNC(=O)CN1CCN(C)CC1. The molecule has 2 aliphatic rings. The van der Waals surface area contributed by atoms with Gasteiger partial charge in [0.15, 0.2) is 0 Å². The van der Waals surface area contributed by atoms with E-state index in [-0.39, 0.29) is 19.2 Å². The molecule has 0 aliphatic carbocycles. The van der Waals surface area contributed by atoms with Crippen molar-refractivity contribution in [1.29, 1.82) is 0 Å². The van der Waals surface area contributed by atoms with Gasteiger partial charge in [0.2, 0.25) is 11.8 Å². The summed E-state index contributed by atoms with van der Waals surface area (Å²) in [5, 5.41) is 2.63. The quantitative estimate of drug-likeness (QED) is 0.299. The molecule has 25 heavy (non-hydrogen) atoms. The summed E-state index contributed by atoms with van der Waals surface area (Å²) in [5.74, 6) is 4.98. The molecule has 0 radical (unpaired) electrons. The highest BCUT2D eigenvalue weighted by atomic mass is 16.2. The number of likely N-dealkylation sites (N-methyl/N-ethyl adjacent to an activating group) is 3. The molecule has 0 unspecified atom stereocenters. The third-order valence-electron chi connectivity index (χ3n) is 4.37. The Morgan fingerprint density at radius 3 is 1.48 bits per heavy atom. The van der Waals surface area contributed by atoms with Crippen LogP contribution in [0.4, 0.5) is 0 Å². The molecule has 0 saturated carbocycles. The van der Waals surface area contributed by atoms with Gasteiger partial charge in [0.05, 0.1) is 13.1 Å². The third kappa shape index (κ3) is 10.4. The zero-order valence-electron chi connectivity index (χ0n) is 15.3. The van der Waals surface area contributed by atoms with Crippen LogP contribution in [0.15, 0.2) is 0 Å². The van der Waals surface area contributed by atoms with Crippen molar-refractivity contribution < 1.29 is 9.59 Å². The molecule has 9 nitrogen and oxygen atoms in total. The van der Waals surface area contributed by atoms with Crippen LogP contribution in [0.25, 0.3) is 0 Å². The van der Waals surface area contributed by atoms with Gasteiger partial charge in [0, 0.05) is 59.4 Å². The molecule has 0 atom stereocenters. The van der Waals surface area contributed by atoms with Gasteiger partial charge in [0.25, 0.3) is 0 Å². The van der Waals surface area contributed by atoms with E-state index in [1.165, 1.54) is 0 Å². The number of nitrogens with two attached hydrogens (primary N) is 1. The second-order valence-electron chi connectivity index (χ2n) is 6.40. The van der Waals surface area contributed by atoms with Crippen molar-refractivity contribution in [2.75, 3.05) is 86.6 Å². The molecule has 9 heteroatoms. The van der Waals surface area contributed by atoms with Gasteiger partial charge in [-0.05, 0) is 14.1 Å². The zero-order valence-corrected chi connectivity index (χ0v) is 15.3. The summed E-state index contributed by atoms with van der Waals surface area (Å²) in [6, 6.07) is 0. The van der Waals surface area contributed by atoms with Crippen molar-refractivity contribution in [3.05, 3.63) is 0 Å². The molecule has 2 heterocycles. The van der Waals surface area contributed by atoms with Crippen LogP contribution in [0, 0.1) is 0 Å². The first-order valence-corrected chi connectivity index (χ1v) is 8.46. The minimum absolute atomic E-state index is 0. The van der Waals surface area contributed by atoms with E-state index in [2.05, 4.69) is 44.4 Å². The number of carbonyl (C=O) groups excluding carboxylic acids is 2. The molecule has 0 aromatic heterocycles. The summed E-state index contributed by atoms with van der Waals surface area (Å²) < 4.78 is 0. The fourth-order valence-electron chi connectivity index (χ4n) is 2.54. The van der Waals surface area contributed by atoms with E-state index in [4.69, 9.17) is 5.84 Å². The predicted molar refractivity (Wildman–Crippen MR) is 101 cm³/mol. The molecule has 2 fully saturated rings. The van der Waals surface area contributed by atoms with E-state index in [9.17, 15) is 9.59 Å². The van der Waals surface area contributed by atoms with Crippen molar-refractivity contribution in [1.82, 2.24) is 30.3 Å². The summed E-state index contributed by atoms with van der Waals surface area (Å²) in [6.45, 7) is 9.06. The molecular weight excluding hydrogens is 322 g/mol. The summed E-state index contributed by atoms with van der Waals surface area (Å²) >= 11 is 0. The summed E-state index contributed by atoms with van der Waals surface area (Å²) in [6.07, 6.45) is 0. The number of nitrogens with one attached hydrogen (secondary N) is 2. The van der Waals surface area contributed by atoms with Crippen molar-refractivity contribution >= 4 is 11.8 Å². The van der Waals surface area contributed by atoms with E-state index < -0.39 is 0 Å². The average Bonchev–Trinajstić information content (AvgIpc) is 2.59. The second kappa shape index (κ2) is 13.0. The van der Waals surface area contributed by atoms with E-state index in [1.807, 2.05) is 0 Å². The lowest BCUT2D eigenvalue weighted by molar-refractivity contribution is -0.123. The number of piperazine rings is 2. The van der Waals surface area contributed by atoms with Gasteiger partial charge in [-0.3, -0.25) is 24.8 Å². The Hall–Kier alpha value is -1.26. The lowest BCUT2D eigenvalue weighted by Gasteiger charge is -2.31. The van der Waals surface area contributed by atoms with E-state index in [0.717, 1.165) is 52.4 Å². The minimum atomic E-state index is -0.112. The van der Waals surface area contributed by atoms with Crippen LogP contribution < -0.4 is 16.6 Å². The maximum absolute atomic E-state index is 11.0. The number of hydrazine groups is 1. The summed E-state index contributed by atoms with van der Waals surface area (Å²) in [4.78, 5) is 30.7. The van der Waals surface area contributed by atoms with E-state index in [1.54, 1.807) is 7.05 Å². The first-order valence-electron chi connectivity index (χ1n) is 8.46. The van der Waals surface area contributed by atoms with Crippen LogP contribution in [0.3, 0.4) is 0 Å². The number of hydrogen-bond acceptors (Lipinski definition) is 7. The van der Waals surface area contributed by atoms with E-state index in [0.29, 0.717) is 13.1 Å². The highest BCUT2D eigenvalue weighted by Crippen LogP contribution is 1.98. The molecule has 2 amide bonds.